The number of hydrogen-bond donors (Lipinski definition) is 2. The van der Waals surface area contributed by atoms with Gasteiger partial charge in [-0.05, 0) is 64.3 Å². The second-order valence-corrected chi connectivity index (χ2v) is 8.80. The standard InChI is InChI=1S/C23H35N5OS.HI/c1-3-24-23(25-12-7-15-29-22-8-5-4-6-9-22)26-16-20-10-13-28(14-11-20)17-21-18-30-19(2)27-21;/h4-6,8-9,18,20H,3,7,10-17H2,1-2H3,(H2,24,25,26);1H. The normalized spacial score (nSPS) is 15.4. The fraction of sp³-hybridized carbons (Fsp3) is 0.565. The summed E-state index contributed by atoms with van der Waals surface area (Å²) in [4.78, 5) is 11.9. The topological polar surface area (TPSA) is 61.8 Å². The highest BCUT2D eigenvalue weighted by molar-refractivity contribution is 14.0. The molecule has 0 atom stereocenters. The molecule has 1 aliphatic heterocycles. The molecular formula is C23H36IN5OS. The minimum absolute atomic E-state index is 0. The summed E-state index contributed by atoms with van der Waals surface area (Å²) in [5, 5.41) is 10.1. The van der Waals surface area contributed by atoms with Gasteiger partial charge >= 0.3 is 0 Å². The largest absolute Gasteiger partial charge is 0.494 e. The molecule has 0 saturated carbocycles. The number of halogens is 1. The number of thiazole rings is 1. The van der Waals surface area contributed by atoms with Crippen LogP contribution in [0.5, 0.6) is 5.75 Å². The zero-order valence-corrected chi connectivity index (χ0v) is 21.8. The number of aliphatic imine (C=N–C) groups is 1. The molecule has 1 aromatic heterocycles. The van der Waals surface area contributed by atoms with Gasteiger partial charge < -0.3 is 15.4 Å². The fourth-order valence-corrected chi connectivity index (χ4v) is 4.19. The van der Waals surface area contributed by atoms with Crippen LogP contribution in [0, 0.1) is 12.8 Å². The Balaban J connectivity index is 0.00000341. The van der Waals surface area contributed by atoms with E-state index >= 15 is 0 Å². The highest BCUT2D eigenvalue weighted by Gasteiger charge is 2.19. The predicted octanol–water partition coefficient (Wildman–Crippen LogP) is 4.31. The molecule has 0 amide bonds. The van der Waals surface area contributed by atoms with E-state index in [1.54, 1.807) is 11.3 Å². The Morgan fingerprint density at radius 3 is 2.68 bits per heavy atom. The van der Waals surface area contributed by atoms with E-state index in [0.717, 1.165) is 62.4 Å². The lowest BCUT2D eigenvalue weighted by Gasteiger charge is -2.30. The molecule has 1 aliphatic rings. The van der Waals surface area contributed by atoms with E-state index in [1.807, 2.05) is 30.3 Å². The van der Waals surface area contributed by atoms with Gasteiger partial charge in [-0.1, -0.05) is 18.2 Å². The molecule has 0 unspecified atom stereocenters. The molecule has 1 aromatic carbocycles. The molecule has 172 valence electrons. The molecule has 2 N–H and O–H groups in total. The molecule has 6 nitrogen and oxygen atoms in total. The number of aryl methyl sites for hydroxylation is 1. The summed E-state index contributed by atoms with van der Waals surface area (Å²) in [6.45, 7) is 10.7. The smallest absolute Gasteiger partial charge is 0.191 e. The number of piperidine rings is 1. The Kier molecular flexibility index (Phi) is 12.2. The molecule has 2 aromatic rings. The summed E-state index contributed by atoms with van der Waals surface area (Å²) in [5.41, 5.74) is 1.21. The number of guanidine groups is 1. The SMILES string of the molecule is CCNC(=NCC1CCN(Cc2csc(C)n2)CC1)NCCCOc1ccccc1.I. The number of ether oxygens (including phenoxy) is 1. The van der Waals surface area contributed by atoms with Crippen molar-refractivity contribution in [3.05, 3.63) is 46.4 Å². The lowest BCUT2D eigenvalue weighted by Crippen LogP contribution is -2.39. The van der Waals surface area contributed by atoms with E-state index < -0.39 is 0 Å². The van der Waals surface area contributed by atoms with E-state index in [0.29, 0.717) is 12.5 Å². The third kappa shape index (κ3) is 9.74. The molecule has 8 heteroatoms. The summed E-state index contributed by atoms with van der Waals surface area (Å²) in [6, 6.07) is 9.96. The predicted molar refractivity (Wildman–Crippen MR) is 141 cm³/mol. The Labute approximate surface area is 207 Å². The first-order valence-corrected chi connectivity index (χ1v) is 11.9. The van der Waals surface area contributed by atoms with Crippen LogP contribution in [0.15, 0.2) is 40.7 Å². The quantitative estimate of drug-likeness (QED) is 0.198. The number of hydrogen-bond acceptors (Lipinski definition) is 5. The van der Waals surface area contributed by atoms with E-state index in [9.17, 15) is 0 Å². The Morgan fingerprint density at radius 2 is 2.00 bits per heavy atom. The second-order valence-electron chi connectivity index (χ2n) is 7.74. The van der Waals surface area contributed by atoms with Crippen molar-refractivity contribution in [3.63, 3.8) is 0 Å². The highest BCUT2D eigenvalue weighted by atomic mass is 127. The zero-order chi connectivity index (χ0) is 21.0. The Bertz CT molecular complexity index is 762. The summed E-state index contributed by atoms with van der Waals surface area (Å²) in [7, 11) is 0. The molecule has 31 heavy (non-hydrogen) atoms. The van der Waals surface area contributed by atoms with Crippen molar-refractivity contribution in [2.75, 3.05) is 39.3 Å². The van der Waals surface area contributed by atoms with Crippen LogP contribution in [0.4, 0.5) is 0 Å². The van der Waals surface area contributed by atoms with E-state index in [2.05, 4.69) is 39.7 Å². The molecule has 3 rings (SSSR count). The van der Waals surface area contributed by atoms with Gasteiger partial charge in [0, 0.05) is 31.6 Å². The van der Waals surface area contributed by atoms with Gasteiger partial charge in [-0.25, -0.2) is 4.98 Å². The van der Waals surface area contributed by atoms with Gasteiger partial charge in [-0.3, -0.25) is 9.89 Å². The number of benzene rings is 1. The van der Waals surface area contributed by atoms with Crippen LogP contribution in [0.2, 0.25) is 0 Å². The highest BCUT2D eigenvalue weighted by Crippen LogP contribution is 2.20. The molecule has 0 spiro atoms. The maximum Gasteiger partial charge on any atom is 0.191 e. The molecule has 0 aliphatic carbocycles. The van der Waals surface area contributed by atoms with Crippen molar-refractivity contribution < 1.29 is 4.74 Å². The maximum atomic E-state index is 5.75. The van der Waals surface area contributed by atoms with Crippen molar-refractivity contribution in [3.8, 4) is 5.75 Å². The Hall–Kier alpha value is -1.39. The van der Waals surface area contributed by atoms with Crippen LogP contribution in [0.1, 0.15) is 36.9 Å². The minimum Gasteiger partial charge on any atom is -0.494 e. The Morgan fingerprint density at radius 1 is 1.23 bits per heavy atom. The van der Waals surface area contributed by atoms with Crippen LogP contribution in [0.25, 0.3) is 0 Å². The summed E-state index contributed by atoms with van der Waals surface area (Å²) in [6.07, 6.45) is 3.35. The molecular weight excluding hydrogens is 521 g/mol. The first-order chi connectivity index (χ1) is 14.7. The van der Waals surface area contributed by atoms with Gasteiger partial charge in [0.1, 0.15) is 5.75 Å². The zero-order valence-electron chi connectivity index (χ0n) is 18.7. The summed E-state index contributed by atoms with van der Waals surface area (Å²) < 4.78 is 5.75. The second kappa shape index (κ2) is 14.6. The average Bonchev–Trinajstić information content (AvgIpc) is 3.18. The fourth-order valence-electron chi connectivity index (χ4n) is 3.58. The molecule has 2 heterocycles. The van der Waals surface area contributed by atoms with Crippen molar-refractivity contribution >= 4 is 41.3 Å². The monoisotopic (exact) mass is 557 g/mol. The first kappa shape index (κ1) is 25.9. The number of para-hydroxylation sites is 1. The number of nitrogens with zero attached hydrogens (tertiary/aromatic N) is 3. The molecule has 1 saturated heterocycles. The van der Waals surface area contributed by atoms with Gasteiger partial charge in [0.15, 0.2) is 5.96 Å². The number of aromatic nitrogens is 1. The van der Waals surface area contributed by atoms with Crippen LogP contribution in [-0.4, -0.2) is 55.2 Å². The third-order valence-corrected chi connectivity index (χ3v) is 6.06. The van der Waals surface area contributed by atoms with Crippen molar-refractivity contribution in [2.24, 2.45) is 10.9 Å². The number of likely N-dealkylation sites (tertiary alicyclic amines) is 1. The maximum absolute atomic E-state index is 5.75. The van der Waals surface area contributed by atoms with Crippen LogP contribution < -0.4 is 15.4 Å². The lowest BCUT2D eigenvalue weighted by atomic mass is 9.97. The van der Waals surface area contributed by atoms with Crippen molar-refractivity contribution in [2.45, 2.75) is 39.7 Å². The number of rotatable bonds is 10. The van der Waals surface area contributed by atoms with Crippen molar-refractivity contribution in [1.82, 2.24) is 20.5 Å². The van der Waals surface area contributed by atoms with Crippen LogP contribution >= 0.6 is 35.3 Å². The van der Waals surface area contributed by atoms with E-state index in [-0.39, 0.29) is 24.0 Å². The average molecular weight is 558 g/mol. The minimum atomic E-state index is 0. The van der Waals surface area contributed by atoms with Crippen LogP contribution in [-0.2, 0) is 6.54 Å². The van der Waals surface area contributed by atoms with Gasteiger partial charge in [0.2, 0.25) is 0 Å². The van der Waals surface area contributed by atoms with Gasteiger partial charge in [0.25, 0.3) is 0 Å². The number of nitrogens with one attached hydrogen (secondary N) is 2. The molecule has 0 bridgehead atoms. The molecule has 0 radical (unpaired) electrons. The van der Waals surface area contributed by atoms with Crippen molar-refractivity contribution in [1.29, 1.82) is 0 Å². The summed E-state index contributed by atoms with van der Waals surface area (Å²) >= 11 is 1.74. The van der Waals surface area contributed by atoms with E-state index in [4.69, 9.17) is 9.73 Å². The lowest BCUT2D eigenvalue weighted by molar-refractivity contribution is 0.179. The summed E-state index contributed by atoms with van der Waals surface area (Å²) in [5.74, 6) is 2.50. The van der Waals surface area contributed by atoms with E-state index in [1.165, 1.54) is 18.5 Å². The van der Waals surface area contributed by atoms with Gasteiger partial charge in [-0.15, -0.1) is 35.3 Å². The van der Waals surface area contributed by atoms with Crippen LogP contribution in [0.3, 0.4) is 0 Å². The van der Waals surface area contributed by atoms with Gasteiger partial charge in [-0.2, -0.15) is 0 Å². The third-order valence-electron chi connectivity index (χ3n) is 5.24. The van der Waals surface area contributed by atoms with Gasteiger partial charge in [0.05, 0.1) is 17.3 Å². The first-order valence-electron chi connectivity index (χ1n) is 11.1. The molecule has 1 fully saturated rings.